The van der Waals surface area contributed by atoms with Gasteiger partial charge in [-0.25, -0.2) is 4.79 Å². The molecule has 0 bridgehead atoms. The van der Waals surface area contributed by atoms with Crippen molar-refractivity contribution in [2.75, 3.05) is 19.8 Å². The molecule has 2 aromatic carbocycles. The lowest BCUT2D eigenvalue weighted by atomic mass is 9.97. The highest BCUT2D eigenvalue weighted by molar-refractivity contribution is 9.10. The molecule has 1 aliphatic heterocycles. The molecule has 1 saturated heterocycles. The van der Waals surface area contributed by atoms with E-state index in [1.165, 1.54) is 18.2 Å². The summed E-state index contributed by atoms with van der Waals surface area (Å²) in [6, 6.07) is 11.6. The number of rotatable bonds is 8. The third kappa shape index (κ3) is 9.85. The van der Waals surface area contributed by atoms with Crippen LogP contribution in [0.2, 0.25) is 0 Å². The minimum Gasteiger partial charge on any atom is -0.493 e. The Bertz CT molecular complexity index is 1160. The van der Waals surface area contributed by atoms with E-state index in [0.717, 1.165) is 16.1 Å². The van der Waals surface area contributed by atoms with Gasteiger partial charge in [-0.1, -0.05) is 46.3 Å². The highest BCUT2D eigenvalue weighted by atomic mass is 79.9. The van der Waals surface area contributed by atoms with E-state index in [9.17, 15) is 18.0 Å². The zero-order chi connectivity index (χ0) is 28.9. The van der Waals surface area contributed by atoms with Gasteiger partial charge in [-0.05, 0) is 82.9 Å². The van der Waals surface area contributed by atoms with E-state index < -0.39 is 34.8 Å². The summed E-state index contributed by atoms with van der Waals surface area (Å²) >= 11 is 3.41. The largest absolute Gasteiger partial charge is 0.493 e. The molecule has 1 aliphatic rings. The lowest BCUT2D eigenvalue weighted by Crippen LogP contribution is -2.60. The molecule has 0 spiro atoms. The first-order chi connectivity index (χ1) is 18.1. The molecule has 10 heteroatoms. The van der Waals surface area contributed by atoms with Crippen LogP contribution in [0.15, 0.2) is 53.0 Å². The van der Waals surface area contributed by atoms with Crippen molar-refractivity contribution >= 4 is 28.1 Å². The van der Waals surface area contributed by atoms with E-state index in [0.29, 0.717) is 12.8 Å². The monoisotopic (exact) mass is 613 g/mol. The molecule has 1 fully saturated rings. The maximum absolute atomic E-state index is 13.9. The molecule has 0 unspecified atom stereocenters. The predicted molar refractivity (Wildman–Crippen MR) is 147 cm³/mol. The zero-order valence-electron chi connectivity index (χ0n) is 22.8. The average Bonchev–Trinajstić information content (AvgIpc) is 2.81. The van der Waals surface area contributed by atoms with Crippen LogP contribution < -0.4 is 10.1 Å². The van der Waals surface area contributed by atoms with Crippen molar-refractivity contribution in [1.82, 2.24) is 5.32 Å². The number of amides is 1. The van der Waals surface area contributed by atoms with Crippen molar-refractivity contribution in [3.8, 4) is 5.75 Å². The van der Waals surface area contributed by atoms with Gasteiger partial charge in [0.2, 0.25) is 0 Å². The maximum atomic E-state index is 13.9. The van der Waals surface area contributed by atoms with Gasteiger partial charge in [-0.15, -0.1) is 0 Å². The molecule has 1 N–H and O–H groups in total. The van der Waals surface area contributed by atoms with Crippen molar-refractivity contribution < 1.29 is 36.9 Å². The minimum absolute atomic E-state index is 0.0427. The number of ether oxygens (including phenoxy) is 4. The first-order valence-corrected chi connectivity index (χ1v) is 13.4. The van der Waals surface area contributed by atoms with Crippen molar-refractivity contribution in [2.45, 2.75) is 70.6 Å². The topological polar surface area (TPSA) is 66.0 Å². The highest BCUT2D eigenvalue weighted by Gasteiger charge is 2.41. The van der Waals surface area contributed by atoms with Crippen LogP contribution in [0.5, 0.6) is 5.75 Å². The Morgan fingerprint density at radius 2 is 1.79 bits per heavy atom. The van der Waals surface area contributed by atoms with Gasteiger partial charge in [0.15, 0.2) is 5.79 Å². The molecule has 1 heterocycles. The molecule has 0 atom stereocenters. The number of halogens is 4. The summed E-state index contributed by atoms with van der Waals surface area (Å²) in [6.45, 7) is 8.89. The quantitative estimate of drug-likeness (QED) is 0.312. The van der Waals surface area contributed by atoms with Gasteiger partial charge in [-0.3, -0.25) is 0 Å². The number of hydrogen-bond donors (Lipinski definition) is 1. The molecular weight excluding hydrogens is 579 g/mol. The highest BCUT2D eigenvalue weighted by Crippen LogP contribution is 2.37. The number of aryl methyl sites for hydroxylation is 1. The van der Waals surface area contributed by atoms with E-state index in [1.807, 2.05) is 24.3 Å². The van der Waals surface area contributed by atoms with Crippen LogP contribution in [0.4, 0.5) is 18.0 Å². The van der Waals surface area contributed by atoms with Gasteiger partial charge in [0, 0.05) is 4.47 Å². The predicted octanol–water partition coefficient (Wildman–Crippen LogP) is 7.54. The third-order valence-corrected chi connectivity index (χ3v) is 6.26. The van der Waals surface area contributed by atoms with Crippen LogP contribution in [0.25, 0.3) is 6.08 Å². The Kier molecular flexibility index (Phi) is 9.78. The van der Waals surface area contributed by atoms with Crippen molar-refractivity contribution in [1.29, 1.82) is 0 Å². The van der Waals surface area contributed by atoms with Crippen LogP contribution in [0, 0.1) is 0 Å². The van der Waals surface area contributed by atoms with E-state index in [2.05, 4.69) is 21.2 Å². The molecule has 3 rings (SSSR count). The SMILES string of the molecule is CC(C)(C)OC(=O)NC1(C=Cc2ccc(OCCCc3cccc(Br)c3)c(C(F)(F)F)c2)COC(C)(C)OC1. The van der Waals surface area contributed by atoms with Gasteiger partial charge in [0.1, 0.15) is 16.9 Å². The summed E-state index contributed by atoms with van der Waals surface area (Å²) in [5.74, 6) is -1.10. The van der Waals surface area contributed by atoms with Crippen LogP contribution in [-0.4, -0.2) is 42.8 Å². The van der Waals surface area contributed by atoms with Gasteiger partial charge >= 0.3 is 12.3 Å². The van der Waals surface area contributed by atoms with E-state index in [4.69, 9.17) is 18.9 Å². The van der Waals surface area contributed by atoms with E-state index in [-0.39, 0.29) is 31.1 Å². The summed E-state index contributed by atoms with van der Waals surface area (Å²) in [7, 11) is 0. The molecule has 1 amide bonds. The summed E-state index contributed by atoms with van der Waals surface area (Å²) in [6.07, 6.45) is -1.01. The van der Waals surface area contributed by atoms with Gasteiger partial charge in [0.05, 0.1) is 25.4 Å². The number of carbonyl (C=O) groups is 1. The molecule has 39 heavy (non-hydrogen) atoms. The first-order valence-electron chi connectivity index (χ1n) is 12.6. The summed E-state index contributed by atoms with van der Waals surface area (Å²) < 4.78 is 65.1. The number of benzene rings is 2. The van der Waals surface area contributed by atoms with Gasteiger partial charge < -0.3 is 24.3 Å². The van der Waals surface area contributed by atoms with Crippen LogP contribution in [0.3, 0.4) is 0 Å². The number of nitrogens with one attached hydrogen (secondary N) is 1. The molecule has 6 nitrogen and oxygen atoms in total. The fraction of sp³-hybridized carbons (Fsp3) is 0.483. The summed E-state index contributed by atoms with van der Waals surface area (Å²) in [5.41, 5.74) is -1.41. The Balaban J connectivity index is 1.75. The smallest absolute Gasteiger partial charge is 0.419 e. The van der Waals surface area contributed by atoms with Crippen LogP contribution >= 0.6 is 15.9 Å². The minimum atomic E-state index is -4.61. The zero-order valence-corrected chi connectivity index (χ0v) is 24.4. The molecule has 2 aromatic rings. The summed E-state index contributed by atoms with van der Waals surface area (Å²) in [5, 5.41) is 2.76. The van der Waals surface area contributed by atoms with Crippen molar-refractivity contribution in [2.24, 2.45) is 0 Å². The summed E-state index contributed by atoms with van der Waals surface area (Å²) in [4.78, 5) is 12.5. The Morgan fingerprint density at radius 1 is 1.10 bits per heavy atom. The number of carbonyl (C=O) groups excluding carboxylic acids is 1. The van der Waals surface area contributed by atoms with Crippen LogP contribution in [0.1, 0.15) is 57.7 Å². The van der Waals surface area contributed by atoms with Gasteiger partial charge in [-0.2, -0.15) is 13.2 Å². The van der Waals surface area contributed by atoms with E-state index >= 15 is 0 Å². The third-order valence-electron chi connectivity index (χ3n) is 5.76. The second kappa shape index (κ2) is 12.3. The average molecular weight is 614 g/mol. The fourth-order valence-corrected chi connectivity index (χ4v) is 4.26. The van der Waals surface area contributed by atoms with E-state index in [1.54, 1.807) is 40.7 Å². The molecule has 0 aliphatic carbocycles. The normalized spacial score (nSPS) is 17.2. The van der Waals surface area contributed by atoms with Crippen molar-refractivity contribution in [3.63, 3.8) is 0 Å². The van der Waals surface area contributed by atoms with Crippen molar-refractivity contribution in [3.05, 3.63) is 69.7 Å². The van der Waals surface area contributed by atoms with Crippen LogP contribution in [-0.2, 0) is 26.8 Å². The second-order valence-corrected chi connectivity index (χ2v) is 11.8. The Morgan fingerprint density at radius 3 is 2.41 bits per heavy atom. The Labute approximate surface area is 236 Å². The molecule has 0 saturated carbocycles. The molecule has 0 radical (unpaired) electrons. The van der Waals surface area contributed by atoms with Gasteiger partial charge in [0.25, 0.3) is 0 Å². The lowest BCUT2D eigenvalue weighted by molar-refractivity contribution is -0.263. The molecule has 214 valence electrons. The number of hydrogen-bond acceptors (Lipinski definition) is 5. The lowest BCUT2D eigenvalue weighted by Gasteiger charge is -2.42. The Hall–Kier alpha value is -2.56. The standard InChI is InChI=1S/C29H35BrF3NO5/c1-26(2,3)39-25(35)34-28(18-37-27(4,5)38-19-28)14-13-21-11-12-24(23(17-21)29(31,32)33)36-15-7-9-20-8-6-10-22(30)16-20/h6,8,10-14,16-17H,7,9,15,18-19H2,1-5H3,(H,34,35). The maximum Gasteiger partial charge on any atom is 0.419 e. The second-order valence-electron chi connectivity index (χ2n) is 10.9. The number of alkyl halides is 3. The fourth-order valence-electron chi connectivity index (χ4n) is 3.81. The molecular formula is C29H35BrF3NO5. The number of alkyl carbamates (subject to hydrolysis) is 1. The molecule has 0 aromatic heterocycles. The first kappa shape index (κ1) is 31.0.